The summed E-state index contributed by atoms with van der Waals surface area (Å²) in [4.78, 5) is 0. The van der Waals surface area contributed by atoms with E-state index in [1.807, 2.05) is 19.1 Å². The maximum atomic E-state index is 5.69. The van der Waals surface area contributed by atoms with E-state index in [-0.39, 0.29) is 0 Å². The van der Waals surface area contributed by atoms with Crippen LogP contribution in [0.3, 0.4) is 0 Å². The van der Waals surface area contributed by atoms with Crippen LogP contribution in [0, 0.1) is 6.92 Å². The van der Waals surface area contributed by atoms with Crippen LogP contribution in [0.15, 0.2) is 18.2 Å². The summed E-state index contributed by atoms with van der Waals surface area (Å²) in [6, 6.07) is 6.02. The largest absolute Gasteiger partial charge is 0.399 e. The molecule has 0 aliphatic rings. The highest BCUT2D eigenvalue weighted by molar-refractivity contribution is 5.56. The molecule has 1 aromatic carbocycles. The van der Waals surface area contributed by atoms with Gasteiger partial charge in [-0.05, 0) is 37.1 Å². The van der Waals surface area contributed by atoms with Gasteiger partial charge in [0, 0.05) is 17.9 Å². The highest BCUT2D eigenvalue weighted by Crippen LogP contribution is 2.16. The van der Waals surface area contributed by atoms with E-state index in [0.717, 1.165) is 29.9 Å². The number of nitrogens with two attached hydrogens (primary N) is 1. The second-order valence-corrected chi connectivity index (χ2v) is 3.00. The third kappa shape index (κ3) is 2.16. The second-order valence-electron chi connectivity index (χ2n) is 3.00. The summed E-state index contributed by atoms with van der Waals surface area (Å²) in [6.07, 6.45) is 1.14. The molecule has 1 aromatic rings. The lowest BCUT2D eigenvalue weighted by atomic mass is 10.2. The lowest BCUT2D eigenvalue weighted by molar-refractivity contribution is 0.979. The molecule has 0 saturated carbocycles. The van der Waals surface area contributed by atoms with Gasteiger partial charge in [0.2, 0.25) is 0 Å². The Morgan fingerprint density at radius 2 is 2.17 bits per heavy atom. The van der Waals surface area contributed by atoms with E-state index in [0.29, 0.717) is 0 Å². The smallest absolute Gasteiger partial charge is 0.0345 e. The predicted molar refractivity (Wildman–Crippen MR) is 54.4 cm³/mol. The second kappa shape index (κ2) is 4.00. The van der Waals surface area contributed by atoms with Crippen molar-refractivity contribution in [1.82, 2.24) is 0 Å². The van der Waals surface area contributed by atoms with Crippen molar-refractivity contribution >= 4 is 11.4 Å². The minimum absolute atomic E-state index is 0.858. The molecule has 0 bridgehead atoms. The van der Waals surface area contributed by atoms with Gasteiger partial charge in [-0.1, -0.05) is 6.92 Å². The Labute approximate surface area is 73.8 Å². The monoisotopic (exact) mass is 164 g/mol. The fraction of sp³-hybridized carbons (Fsp3) is 0.400. The Bertz CT molecular complexity index is 256. The van der Waals surface area contributed by atoms with Gasteiger partial charge in [-0.3, -0.25) is 0 Å². The molecule has 2 nitrogen and oxygen atoms in total. The van der Waals surface area contributed by atoms with Crippen LogP contribution < -0.4 is 11.1 Å². The van der Waals surface area contributed by atoms with Crippen LogP contribution >= 0.6 is 0 Å². The van der Waals surface area contributed by atoms with Crippen molar-refractivity contribution in [2.45, 2.75) is 20.3 Å². The predicted octanol–water partition coefficient (Wildman–Crippen LogP) is 2.40. The number of nitrogen functional groups attached to an aromatic ring is 1. The van der Waals surface area contributed by atoms with Gasteiger partial charge in [0.1, 0.15) is 0 Å². The van der Waals surface area contributed by atoms with Crippen molar-refractivity contribution in [3.8, 4) is 0 Å². The molecule has 0 fully saturated rings. The van der Waals surface area contributed by atoms with Crippen molar-refractivity contribution in [2.75, 3.05) is 17.6 Å². The summed E-state index contributed by atoms with van der Waals surface area (Å²) < 4.78 is 0. The average Bonchev–Trinajstić information content (AvgIpc) is 2.07. The first-order valence-corrected chi connectivity index (χ1v) is 4.34. The number of rotatable bonds is 3. The van der Waals surface area contributed by atoms with Crippen LogP contribution in [-0.4, -0.2) is 6.54 Å². The Morgan fingerprint density at radius 1 is 1.42 bits per heavy atom. The molecule has 2 heteroatoms. The van der Waals surface area contributed by atoms with Gasteiger partial charge in [-0.2, -0.15) is 0 Å². The van der Waals surface area contributed by atoms with Gasteiger partial charge < -0.3 is 11.1 Å². The van der Waals surface area contributed by atoms with Crippen molar-refractivity contribution in [3.05, 3.63) is 23.8 Å². The Kier molecular flexibility index (Phi) is 2.97. The van der Waals surface area contributed by atoms with Crippen LogP contribution in [0.4, 0.5) is 11.4 Å². The minimum Gasteiger partial charge on any atom is -0.399 e. The molecule has 0 saturated heterocycles. The van der Waals surface area contributed by atoms with Gasteiger partial charge in [-0.25, -0.2) is 0 Å². The van der Waals surface area contributed by atoms with Gasteiger partial charge in [0.25, 0.3) is 0 Å². The molecule has 1 rings (SSSR count). The molecule has 0 heterocycles. The number of benzene rings is 1. The molecule has 0 spiro atoms. The quantitative estimate of drug-likeness (QED) is 0.673. The molecule has 0 amide bonds. The number of hydrogen-bond acceptors (Lipinski definition) is 2. The summed E-state index contributed by atoms with van der Waals surface area (Å²) in [5.41, 5.74) is 8.84. The number of anilines is 2. The van der Waals surface area contributed by atoms with Crippen LogP contribution in [0.2, 0.25) is 0 Å². The summed E-state index contributed by atoms with van der Waals surface area (Å²) in [5, 5.41) is 3.31. The Morgan fingerprint density at radius 3 is 2.75 bits per heavy atom. The molecule has 0 unspecified atom stereocenters. The topological polar surface area (TPSA) is 38.0 Å². The molecule has 0 radical (unpaired) electrons. The first kappa shape index (κ1) is 8.91. The van der Waals surface area contributed by atoms with E-state index in [1.165, 1.54) is 0 Å². The molecule has 0 aliphatic carbocycles. The van der Waals surface area contributed by atoms with Gasteiger partial charge >= 0.3 is 0 Å². The Balaban J connectivity index is 2.69. The van der Waals surface area contributed by atoms with Gasteiger partial charge in [-0.15, -0.1) is 0 Å². The first-order valence-electron chi connectivity index (χ1n) is 4.34. The van der Waals surface area contributed by atoms with Crippen molar-refractivity contribution in [3.63, 3.8) is 0 Å². The lowest BCUT2D eigenvalue weighted by Crippen LogP contribution is -2.00. The van der Waals surface area contributed by atoms with Crippen LogP contribution in [-0.2, 0) is 0 Å². The maximum Gasteiger partial charge on any atom is 0.0345 e. The maximum absolute atomic E-state index is 5.69. The molecular weight excluding hydrogens is 148 g/mol. The molecule has 66 valence electrons. The van der Waals surface area contributed by atoms with E-state index >= 15 is 0 Å². The zero-order chi connectivity index (χ0) is 8.97. The fourth-order valence-corrected chi connectivity index (χ4v) is 1.05. The molecule has 0 aromatic heterocycles. The fourth-order valence-electron chi connectivity index (χ4n) is 1.05. The molecule has 0 aliphatic heterocycles. The summed E-state index contributed by atoms with van der Waals surface area (Å²) in [7, 11) is 0. The molecule has 0 atom stereocenters. The average molecular weight is 164 g/mol. The van der Waals surface area contributed by atoms with Crippen molar-refractivity contribution in [1.29, 1.82) is 0 Å². The highest BCUT2D eigenvalue weighted by atomic mass is 14.9. The molecule has 3 N–H and O–H groups in total. The molecule has 12 heavy (non-hydrogen) atoms. The number of hydrogen-bond donors (Lipinski definition) is 2. The Hall–Kier alpha value is -1.18. The SMILES string of the molecule is CCCNc1ccc(N)c(C)c1. The number of nitrogens with one attached hydrogen (secondary N) is 1. The van der Waals surface area contributed by atoms with E-state index in [9.17, 15) is 0 Å². The summed E-state index contributed by atoms with van der Waals surface area (Å²) >= 11 is 0. The third-order valence-corrected chi connectivity index (χ3v) is 1.85. The van der Waals surface area contributed by atoms with E-state index < -0.39 is 0 Å². The van der Waals surface area contributed by atoms with Crippen LogP contribution in [0.25, 0.3) is 0 Å². The number of aryl methyl sites for hydroxylation is 1. The highest BCUT2D eigenvalue weighted by Gasteiger charge is 1.94. The van der Waals surface area contributed by atoms with Crippen LogP contribution in [0.1, 0.15) is 18.9 Å². The zero-order valence-corrected chi connectivity index (χ0v) is 7.72. The molecular formula is C10H16N2. The van der Waals surface area contributed by atoms with Crippen molar-refractivity contribution < 1.29 is 0 Å². The van der Waals surface area contributed by atoms with Crippen LogP contribution in [0.5, 0.6) is 0 Å². The minimum atomic E-state index is 0.858. The standard InChI is InChI=1S/C10H16N2/c1-3-6-12-9-4-5-10(11)8(2)7-9/h4-5,7,12H,3,6,11H2,1-2H3. The van der Waals surface area contributed by atoms with E-state index in [4.69, 9.17) is 5.73 Å². The van der Waals surface area contributed by atoms with Crippen molar-refractivity contribution in [2.24, 2.45) is 0 Å². The van der Waals surface area contributed by atoms with E-state index in [2.05, 4.69) is 18.3 Å². The first-order chi connectivity index (χ1) is 5.74. The normalized spacial score (nSPS) is 9.83. The lowest BCUT2D eigenvalue weighted by Gasteiger charge is -2.06. The van der Waals surface area contributed by atoms with Gasteiger partial charge in [0.15, 0.2) is 0 Å². The zero-order valence-electron chi connectivity index (χ0n) is 7.72. The van der Waals surface area contributed by atoms with E-state index in [1.54, 1.807) is 0 Å². The third-order valence-electron chi connectivity index (χ3n) is 1.85. The van der Waals surface area contributed by atoms with Gasteiger partial charge in [0.05, 0.1) is 0 Å². The summed E-state index contributed by atoms with van der Waals surface area (Å²) in [5.74, 6) is 0. The summed E-state index contributed by atoms with van der Waals surface area (Å²) in [6.45, 7) is 5.19.